The first-order valence-electron chi connectivity index (χ1n) is 7.77. The third-order valence-corrected chi connectivity index (χ3v) is 5.12. The minimum absolute atomic E-state index is 0.0197. The molecule has 128 valence electrons. The molecule has 3 N–H and O–H groups in total. The first-order chi connectivity index (χ1) is 11.5. The Hall–Kier alpha value is -2.42. The Morgan fingerprint density at radius 3 is 2.58 bits per heavy atom. The SMILES string of the molecule is CCS(=O)(=O)Nc1ccc(CNC(=O)c2n[nH]nc2C2CC2)cc1. The zero-order valence-electron chi connectivity index (χ0n) is 13.2. The summed E-state index contributed by atoms with van der Waals surface area (Å²) in [5, 5.41) is 13.3. The van der Waals surface area contributed by atoms with Gasteiger partial charge in [-0.15, -0.1) is 0 Å². The van der Waals surface area contributed by atoms with E-state index in [1.54, 1.807) is 31.2 Å². The molecule has 24 heavy (non-hydrogen) atoms. The van der Waals surface area contributed by atoms with Gasteiger partial charge in [0.2, 0.25) is 10.0 Å². The Bertz CT molecular complexity index is 825. The van der Waals surface area contributed by atoms with E-state index in [0.29, 0.717) is 23.8 Å². The van der Waals surface area contributed by atoms with Crippen LogP contribution in [-0.4, -0.2) is 35.5 Å². The molecule has 9 heteroatoms. The highest BCUT2D eigenvalue weighted by Crippen LogP contribution is 2.39. The van der Waals surface area contributed by atoms with Crippen LogP contribution in [0.2, 0.25) is 0 Å². The summed E-state index contributed by atoms with van der Waals surface area (Å²) in [6.07, 6.45) is 2.09. The topological polar surface area (TPSA) is 117 Å². The van der Waals surface area contributed by atoms with Crippen LogP contribution in [0.15, 0.2) is 24.3 Å². The third-order valence-electron chi connectivity index (χ3n) is 3.81. The average Bonchev–Trinajstić information content (AvgIpc) is 3.30. The van der Waals surface area contributed by atoms with Crippen molar-refractivity contribution < 1.29 is 13.2 Å². The summed E-state index contributed by atoms with van der Waals surface area (Å²) in [6, 6.07) is 6.86. The summed E-state index contributed by atoms with van der Waals surface area (Å²) < 4.78 is 25.5. The van der Waals surface area contributed by atoms with E-state index in [1.807, 2.05) is 0 Å². The van der Waals surface area contributed by atoms with Gasteiger partial charge in [-0.3, -0.25) is 9.52 Å². The van der Waals surface area contributed by atoms with Crippen molar-refractivity contribution in [2.24, 2.45) is 0 Å². The highest BCUT2D eigenvalue weighted by atomic mass is 32.2. The third kappa shape index (κ3) is 3.91. The van der Waals surface area contributed by atoms with Gasteiger partial charge in [0.05, 0.1) is 11.4 Å². The van der Waals surface area contributed by atoms with E-state index < -0.39 is 10.0 Å². The maximum absolute atomic E-state index is 12.2. The number of H-pyrrole nitrogens is 1. The van der Waals surface area contributed by atoms with Crippen molar-refractivity contribution in [1.82, 2.24) is 20.7 Å². The first-order valence-corrected chi connectivity index (χ1v) is 9.42. The molecule has 0 atom stereocenters. The number of aromatic nitrogens is 3. The van der Waals surface area contributed by atoms with Gasteiger partial charge in [0.15, 0.2) is 5.69 Å². The lowest BCUT2D eigenvalue weighted by molar-refractivity contribution is 0.0945. The quantitative estimate of drug-likeness (QED) is 0.698. The lowest BCUT2D eigenvalue weighted by atomic mass is 10.2. The molecule has 1 aromatic carbocycles. The van der Waals surface area contributed by atoms with Crippen LogP contribution in [0.1, 0.15) is 47.4 Å². The van der Waals surface area contributed by atoms with Crippen molar-refractivity contribution in [1.29, 1.82) is 0 Å². The number of aromatic amines is 1. The largest absolute Gasteiger partial charge is 0.347 e. The monoisotopic (exact) mass is 349 g/mol. The molecule has 3 rings (SSSR count). The van der Waals surface area contributed by atoms with E-state index in [-0.39, 0.29) is 11.7 Å². The summed E-state index contributed by atoms with van der Waals surface area (Å²) >= 11 is 0. The van der Waals surface area contributed by atoms with Gasteiger partial charge >= 0.3 is 0 Å². The molecule has 8 nitrogen and oxygen atoms in total. The Morgan fingerprint density at radius 1 is 1.25 bits per heavy atom. The Balaban J connectivity index is 1.58. The van der Waals surface area contributed by atoms with Crippen LogP contribution in [0, 0.1) is 0 Å². The highest BCUT2D eigenvalue weighted by Gasteiger charge is 2.31. The molecule has 0 bridgehead atoms. The molecule has 0 aliphatic heterocycles. The molecule has 0 saturated heterocycles. The average molecular weight is 349 g/mol. The van der Waals surface area contributed by atoms with Gasteiger partial charge in [-0.2, -0.15) is 15.4 Å². The first kappa shape index (κ1) is 16.4. The fourth-order valence-electron chi connectivity index (χ4n) is 2.26. The fourth-order valence-corrected chi connectivity index (χ4v) is 2.90. The van der Waals surface area contributed by atoms with Gasteiger partial charge < -0.3 is 5.32 Å². The van der Waals surface area contributed by atoms with Gasteiger partial charge in [0.1, 0.15) is 0 Å². The predicted molar refractivity (Wildman–Crippen MR) is 89.1 cm³/mol. The number of carbonyl (C=O) groups is 1. The number of nitrogens with zero attached hydrogens (tertiary/aromatic N) is 2. The molecule has 1 amide bonds. The van der Waals surface area contributed by atoms with E-state index >= 15 is 0 Å². The molecule has 1 saturated carbocycles. The molecule has 1 fully saturated rings. The number of amides is 1. The van der Waals surface area contributed by atoms with Crippen LogP contribution in [0.3, 0.4) is 0 Å². The van der Waals surface area contributed by atoms with Crippen LogP contribution in [0.5, 0.6) is 0 Å². The van der Waals surface area contributed by atoms with E-state index in [0.717, 1.165) is 24.1 Å². The normalized spacial score (nSPS) is 14.4. The second-order valence-electron chi connectivity index (χ2n) is 5.72. The smallest absolute Gasteiger partial charge is 0.274 e. The van der Waals surface area contributed by atoms with E-state index in [1.165, 1.54) is 0 Å². The van der Waals surface area contributed by atoms with Crippen molar-refractivity contribution in [2.45, 2.75) is 32.2 Å². The number of benzene rings is 1. The molecule has 1 aromatic heterocycles. The van der Waals surface area contributed by atoms with E-state index in [9.17, 15) is 13.2 Å². The van der Waals surface area contributed by atoms with E-state index in [4.69, 9.17) is 0 Å². The number of anilines is 1. The number of nitrogens with one attached hydrogen (secondary N) is 3. The van der Waals surface area contributed by atoms with Crippen molar-refractivity contribution in [2.75, 3.05) is 10.5 Å². The van der Waals surface area contributed by atoms with Gasteiger partial charge in [0, 0.05) is 18.2 Å². The van der Waals surface area contributed by atoms with Gasteiger partial charge in [-0.1, -0.05) is 12.1 Å². The van der Waals surface area contributed by atoms with E-state index in [2.05, 4.69) is 25.4 Å². The van der Waals surface area contributed by atoms with Crippen LogP contribution in [0.25, 0.3) is 0 Å². The molecule has 0 radical (unpaired) electrons. The van der Waals surface area contributed by atoms with Gasteiger partial charge in [-0.05, 0) is 37.5 Å². The van der Waals surface area contributed by atoms with Crippen molar-refractivity contribution in [3.05, 3.63) is 41.2 Å². The molecule has 1 aliphatic carbocycles. The van der Waals surface area contributed by atoms with Crippen molar-refractivity contribution >= 4 is 21.6 Å². The summed E-state index contributed by atoms with van der Waals surface area (Å²) in [6.45, 7) is 1.91. The molecule has 0 spiro atoms. The van der Waals surface area contributed by atoms with Crippen LogP contribution < -0.4 is 10.0 Å². The molecule has 1 heterocycles. The summed E-state index contributed by atoms with van der Waals surface area (Å²) in [7, 11) is -3.29. The lowest BCUT2D eigenvalue weighted by Crippen LogP contribution is -2.24. The number of rotatable bonds is 7. The van der Waals surface area contributed by atoms with Crippen molar-refractivity contribution in [3.63, 3.8) is 0 Å². The molecule has 2 aromatic rings. The lowest BCUT2D eigenvalue weighted by Gasteiger charge is -2.08. The maximum Gasteiger partial charge on any atom is 0.274 e. The molecule has 0 unspecified atom stereocenters. The Kier molecular flexibility index (Phi) is 4.52. The zero-order chi connectivity index (χ0) is 17.2. The van der Waals surface area contributed by atoms with Gasteiger partial charge in [0.25, 0.3) is 5.91 Å². The summed E-state index contributed by atoms with van der Waals surface area (Å²) in [5.74, 6) is 0.100. The fraction of sp³-hybridized carbons (Fsp3) is 0.400. The Labute approximate surface area is 140 Å². The van der Waals surface area contributed by atoms with Crippen LogP contribution >= 0.6 is 0 Å². The standard InChI is InChI=1S/C15H19N5O3S/c1-2-24(22,23)19-12-7-3-10(4-8-12)9-16-15(21)14-13(11-5-6-11)17-20-18-14/h3-4,7-8,11,19H,2,5-6,9H2,1H3,(H,16,21)(H,17,18,20). The van der Waals surface area contributed by atoms with Gasteiger partial charge in [-0.25, -0.2) is 8.42 Å². The minimum atomic E-state index is -3.29. The van der Waals surface area contributed by atoms with Crippen LogP contribution in [0.4, 0.5) is 5.69 Å². The van der Waals surface area contributed by atoms with Crippen LogP contribution in [-0.2, 0) is 16.6 Å². The minimum Gasteiger partial charge on any atom is -0.347 e. The second-order valence-corrected chi connectivity index (χ2v) is 7.73. The molecular formula is C15H19N5O3S. The second kappa shape index (κ2) is 6.60. The highest BCUT2D eigenvalue weighted by molar-refractivity contribution is 7.92. The summed E-state index contributed by atoms with van der Waals surface area (Å²) in [5.41, 5.74) is 2.44. The summed E-state index contributed by atoms with van der Waals surface area (Å²) in [4.78, 5) is 12.2. The zero-order valence-corrected chi connectivity index (χ0v) is 14.1. The number of hydrogen-bond acceptors (Lipinski definition) is 5. The number of hydrogen-bond donors (Lipinski definition) is 3. The Morgan fingerprint density at radius 2 is 1.96 bits per heavy atom. The predicted octanol–water partition coefficient (Wildman–Crippen LogP) is 1.37. The molecular weight excluding hydrogens is 330 g/mol. The molecule has 1 aliphatic rings. The number of sulfonamides is 1. The number of carbonyl (C=O) groups excluding carboxylic acids is 1. The maximum atomic E-state index is 12.2. The van der Waals surface area contributed by atoms with Crippen molar-refractivity contribution in [3.8, 4) is 0 Å².